The first kappa shape index (κ1) is 18.7. The van der Waals surface area contributed by atoms with Crippen molar-refractivity contribution in [3.8, 4) is 0 Å². The van der Waals surface area contributed by atoms with Crippen molar-refractivity contribution in [1.82, 2.24) is 19.8 Å². The van der Waals surface area contributed by atoms with Gasteiger partial charge >= 0.3 is 0 Å². The topological polar surface area (TPSA) is 45.5 Å². The summed E-state index contributed by atoms with van der Waals surface area (Å²) in [6, 6.07) is 18.9. The van der Waals surface area contributed by atoms with Crippen LogP contribution >= 0.6 is 0 Å². The standard InChI is InChI=1S/C22H27N5/c1-18-23-12-13-27(18)17-21-11-7-10-20(14-21)16-25-22(26(2)3)24-15-19-8-5-4-6-9-19/h4-14H,15-17H2,1-3H3,(H,24,25). The molecule has 1 aromatic heterocycles. The minimum atomic E-state index is 0.645. The van der Waals surface area contributed by atoms with Crippen molar-refractivity contribution in [3.63, 3.8) is 0 Å². The van der Waals surface area contributed by atoms with Crippen LogP contribution in [0.4, 0.5) is 0 Å². The van der Waals surface area contributed by atoms with Crippen LogP contribution in [0.25, 0.3) is 0 Å². The molecule has 0 unspecified atom stereocenters. The molecule has 3 rings (SSSR count). The molecule has 0 amide bonds. The molecule has 5 nitrogen and oxygen atoms in total. The maximum Gasteiger partial charge on any atom is 0.194 e. The summed E-state index contributed by atoms with van der Waals surface area (Å²) in [5.74, 6) is 1.91. The third kappa shape index (κ3) is 5.45. The molecule has 0 saturated heterocycles. The molecule has 2 aromatic carbocycles. The fraction of sp³-hybridized carbons (Fsp3) is 0.273. The van der Waals surface area contributed by atoms with Crippen LogP contribution in [0.5, 0.6) is 0 Å². The number of imidazole rings is 1. The van der Waals surface area contributed by atoms with Crippen LogP contribution < -0.4 is 5.32 Å². The summed E-state index contributed by atoms with van der Waals surface area (Å²) in [6.07, 6.45) is 3.85. The number of nitrogens with zero attached hydrogens (tertiary/aromatic N) is 4. The molecular weight excluding hydrogens is 334 g/mol. The smallest absolute Gasteiger partial charge is 0.194 e. The summed E-state index contributed by atoms with van der Waals surface area (Å²) < 4.78 is 2.15. The monoisotopic (exact) mass is 361 g/mol. The lowest BCUT2D eigenvalue weighted by Crippen LogP contribution is -2.36. The lowest BCUT2D eigenvalue weighted by atomic mass is 10.1. The third-order valence-electron chi connectivity index (χ3n) is 4.40. The van der Waals surface area contributed by atoms with Gasteiger partial charge in [0.1, 0.15) is 5.82 Å². The summed E-state index contributed by atoms with van der Waals surface area (Å²) in [5, 5.41) is 3.43. The molecule has 5 heteroatoms. The first-order valence-electron chi connectivity index (χ1n) is 9.17. The van der Waals surface area contributed by atoms with Crippen molar-refractivity contribution in [2.45, 2.75) is 26.6 Å². The van der Waals surface area contributed by atoms with E-state index in [1.54, 1.807) is 0 Å². The minimum Gasteiger partial charge on any atom is -0.352 e. The van der Waals surface area contributed by atoms with Gasteiger partial charge in [-0.15, -0.1) is 0 Å². The minimum absolute atomic E-state index is 0.645. The Morgan fingerprint density at radius 2 is 1.78 bits per heavy atom. The Kier molecular flexibility index (Phi) is 6.26. The first-order valence-corrected chi connectivity index (χ1v) is 9.17. The number of benzene rings is 2. The van der Waals surface area contributed by atoms with Gasteiger partial charge < -0.3 is 14.8 Å². The molecule has 0 aliphatic heterocycles. The van der Waals surface area contributed by atoms with E-state index in [1.807, 2.05) is 44.4 Å². The molecule has 0 aliphatic rings. The highest BCUT2D eigenvalue weighted by Gasteiger charge is 2.03. The van der Waals surface area contributed by atoms with Crippen molar-refractivity contribution in [2.75, 3.05) is 14.1 Å². The largest absolute Gasteiger partial charge is 0.352 e. The quantitative estimate of drug-likeness (QED) is 0.540. The summed E-state index contributed by atoms with van der Waals surface area (Å²) >= 11 is 0. The molecule has 1 heterocycles. The van der Waals surface area contributed by atoms with Crippen LogP contribution in [0.2, 0.25) is 0 Å². The Hall–Kier alpha value is -3.08. The maximum atomic E-state index is 4.78. The number of guanidine groups is 1. The number of rotatable bonds is 6. The highest BCUT2D eigenvalue weighted by molar-refractivity contribution is 5.79. The van der Waals surface area contributed by atoms with Crippen molar-refractivity contribution < 1.29 is 0 Å². The van der Waals surface area contributed by atoms with Crippen LogP contribution in [0.1, 0.15) is 22.5 Å². The summed E-state index contributed by atoms with van der Waals surface area (Å²) in [4.78, 5) is 11.1. The molecule has 0 radical (unpaired) electrons. The molecule has 0 spiro atoms. The lowest BCUT2D eigenvalue weighted by Gasteiger charge is -2.18. The van der Waals surface area contributed by atoms with E-state index in [0.29, 0.717) is 6.54 Å². The van der Waals surface area contributed by atoms with Crippen LogP contribution in [0, 0.1) is 6.92 Å². The van der Waals surface area contributed by atoms with E-state index in [-0.39, 0.29) is 0 Å². The predicted molar refractivity (Wildman–Crippen MR) is 111 cm³/mol. The molecule has 0 saturated carbocycles. The summed E-state index contributed by atoms with van der Waals surface area (Å²) in [6.45, 7) is 4.26. The molecule has 0 aliphatic carbocycles. The van der Waals surface area contributed by atoms with E-state index in [1.165, 1.54) is 16.7 Å². The summed E-state index contributed by atoms with van der Waals surface area (Å²) in [7, 11) is 4.02. The van der Waals surface area contributed by atoms with Crippen molar-refractivity contribution >= 4 is 5.96 Å². The van der Waals surface area contributed by atoms with Crippen molar-refractivity contribution in [1.29, 1.82) is 0 Å². The number of aryl methyl sites for hydroxylation is 1. The zero-order valence-corrected chi connectivity index (χ0v) is 16.3. The molecule has 0 fully saturated rings. The van der Waals surface area contributed by atoms with Gasteiger partial charge in [0, 0.05) is 39.6 Å². The van der Waals surface area contributed by atoms with Gasteiger partial charge in [-0.2, -0.15) is 0 Å². The van der Waals surface area contributed by atoms with E-state index in [2.05, 4.69) is 63.4 Å². The van der Waals surface area contributed by atoms with Gasteiger partial charge in [-0.25, -0.2) is 9.98 Å². The Morgan fingerprint density at radius 1 is 1.04 bits per heavy atom. The zero-order chi connectivity index (χ0) is 19.1. The summed E-state index contributed by atoms with van der Waals surface area (Å²) in [5.41, 5.74) is 3.70. The zero-order valence-electron chi connectivity index (χ0n) is 16.3. The second-order valence-corrected chi connectivity index (χ2v) is 6.80. The van der Waals surface area contributed by atoms with Crippen molar-refractivity contribution in [2.24, 2.45) is 4.99 Å². The second-order valence-electron chi connectivity index (χ2n) is 6.80. The second kappa shape index (κ2) is 9.03. The van der Waals surface area contributed by atoms with E-state index in [9.17, 15) is 0 Å². The Labute approximate surface area is 161 Å². The van der Waals surface area contributed by atoms with E-state index in [0.717, 1.165) is 24.9 Å². The van der Waals surface area contributed by atoms with Crippen LogP contribution in [-0.4, -0.2) is 34.5 Å². The molecule has 0 atom stereocenters. The highest BCUT2D eigenvalue weighted by Crippen LogP contribution is 2.10. The average Bonchev–Trinajstić information content (AvgIpc) is 3.07. The Balaban J connectivity index is 1.65. The van der Waals surface area contributed by atoms with E-state index >= 15 is 0 Å². The SMILES string of the molecule is Cc1nccn1Cc1cccc(CN=C(NCc2ccccc2)N(C)C)c1. The first-order chi connectivity index (χ1) is 13.1. The highest BCUT2D eigenvalue weighted by atomic mass is 15.3. The average molecular weight is 361 g/mol. The van der Waals surface area contributed by atoms with Gasteiger partial charge in [-0.1, -0.05) is 54.6 Å². The molecular formula is C22H27N5. The van der Waals surface area contributed by atoms with Gasteiger partial charge in [0.05, 0.1) is 6.54 Å². The molecule has 140 valence electrons. The maximum absolute atomic E-state index is 4.78. The Bertz CT molecular complexity index is 880. The fourth-order valence-electron chi connectivity index (χ4n) is 2.89. The van der Waals surface area contributed by atoms with Gasteiger partial charge in [-0.3, -0.25) is 0 Å². The molecule has 27 heavy (non-hydrogen) atoms. The van der Waals surface area contributed by atoms with Gasteiger partial charge in [-0.05, 0) is 23.6 Å². The van der Waals surface area contributed by atoms with Crippen LogP contribution in [0.3, 0.4) is 0 Å². The normalized spacial score (nSPS) is 11.4. The number of aliphatic imine (C=N–C) groups is 1. The Morgan fingerprint density at radius 3 is 2.48 bits per heavy atom. The number of hydrogen-bond donors (Lipinski definition) is 1. The predicted octanol–water partition coefficient (Wildman–Crippen LogP) is 3.45. The molecule has 1 N–H and O–H groups in total. The third-order valence-corrected chi connectivity index (χ3v) is 4.40. The van der Waals surface area contributed by atoms with Gasteiger partial charge in [0.15, 0.2) is 5.96 Å². The van der Waals surface area contributed by atoms with E-state index in [4.69, 9.17) is 4.99 Å². The molecule has 0 bridgehead atoms. The van der Waals surface area contributed by atoms with Gasteiger partial charge in [0.2, 0.25) is 0 Å². The van der Waals surface area contributed by atoms with Gasteiger partial charge in [0.25, 0.3) is 0 Å². The lowest BCUT2D eigenvalue weighted by molar-refractivity contribution is 0.578. The number of hydrogen-bond acceptors (Lipinski definition) is 2. The molecule has 3 aromatic rings. The fourth-order valence-corrected chi connectivity index (χ4v) is 2.89. The van der Waals surface area contributed by atoms with E-state index < -0.39 is 0 Å². The van der Waals surface area contributed by atoms with Crippen LogP contribution in [-0.2, 0) is 19.6 Å². The number of aromatic nitrogens is 2. The van der Waals surface area contributed by atoms with Crippen molar-refractivity contribution in [3.05, 3.63) is 89.5 Å². The number of nitrogens with one attached hydrogen (secondary N) is 1. The van der Waals surface area contributed by atoms with Crippen LogP contribution in [0.15, 0.2) is 72.0 Å².